The van der Waals surface area contributed by atoms with Gasteiger partial charge in [0.15, 0.2) is 0 Å². The predicted octanol–water partition coefficient (Wildman–Crippen LogP) is 3.23. The van der Waals surface area contributed by atoms with E-state index in [1.807, 2.05) is 30.0 Å². The highest BCUT2D eigenvalue weighted by atomic mass is 35.5. The summed E-state index contributed by atoms with van der Waals surface area (Å²) in [4.78, 5) is 0. The van der Waals surface area contributed by atoms with E-state index in [9.17, 15) is 0 Å². The van der Waals surface area contributed by atoms with E-state index in [0.29, 0.717) is 11.1 Å². The second kappa shape index (κ2) is 4.99. The summed E-state index contributed by atoms with van der Waals surface area (Å²) in [5, 5.41) is 4.15. The SMILES string of the molecule is Nc1cccc(Cl)c1NC1CCCSC1. The van der Waals surface area contributed by atoms with E-state index in [2.05, 4.69) is 5.32 Å². The topological polar surface area (TPSA) is 38.0 Å². The quantitative estimate of drug-likeness (QED) is 0.782. The minimum Gasteiger partial charge on any atom is -0.397 e. The van der Waals surface area contributed by atoms with Crippen LogP contribution in [0.5, 0.6) is 0 Å². The molecule has 0 amide bonds. The molecule has 1 aliphatic rings. The molecule has 1 saturated heterocycles. The number of hydrogen-bond donors (Lipinski definition) is 2. The molecule has 1 aliphatic heterocycles. The Balaban J connectivity index is 2.09. The normalized spacial score (nSPS) is 21.3. The first-order valence-corrected chi connectivity index (χ1v) is 6.69. The molecule has 1 atom stereocenters. The molecule has 2 nitrogen and oxygen atoms in total. The zero-order chi connectivity index (χ0) is 10.7. The van der Waals surface area contributed by atoms with Crippen molar-refractivity contribution < 1.29 is 0 Å². The molecule has 2 rings (SSSR count). The lowest BCUT2D eigenvalue weighted by atomic mass is 10.1. The van der Waals surface area contributed by atoms with Crippen molar-refractivity contribution in [3.8, 4) is 0 Å². The van der Waals surface area contributed by atoms with Crippen LogP contribution in [0, 0.1) is 0 Å². The Morgan fingerprint density at radius 1 is 1.47 bits per heavy atom. The van der Waals surface area contributed by atoms with Gasteiger partial charge in [-0.15, -0.1) is 0 Å². The predicted molar refractivity (Wildman–Crippen MR) is 69.8 cm³/mol. The van der Waals surface area contributed by atoms with E-state index in [1.165, 1.54) is 18.6 Å². The van der Waals surface area contributed by atoms with Gasteiger partial charge in [0.25, 0.3) is 0 Å². The smallest absolute Gasteiger partial charge is 0.0765 e. The van der Waals surface area contributed by atoms with Crippen molar-refractivity contribution in [3.63, 3.8) is 0 Å². The summed E-state index contributed by atoms with van der Waals surface area (Å²) in [5.74, 6) is 2.42. The monoisotopic (exact) mass is 242 g/mol. The van der Waals surface area contributed by atoms with Crippen molar-refractivity contribution >= 4 is 34.7 Å². The number of nitrogen functional groups attached to an aromatic ring is 1. The Morgan fingerprint density at radius 3 is 3.00 bits per heavy atom. The number of thioether (sulfide) groups is 1. The molecule has 82 valence electrons. The fourth-order valence-electron chi connectivity index (χ4n) is 1.75. The zero-order valence-electron chi connectivity index (χ0n) is 8.50. The fraction of sp³-hybridized carbons (Fsp3) is 0.455. The van der Waals surface area contributed by atoms with E-state index in [4.69, 9.17) is 17.3 Å². The van der Waals surface area contributed by atoms with Crippen LogP contribution in [-0.4, -0.2) is 17.5 Å². The molecule has 3 N–H and O–H groups in total. The van der Waals surface area contributed by atoms with Gasteiger partial charge in [-0.25, -0.2) is 0 Å². The lowest BCUT2D eigenvalue weighted by Crippen LogP contribution is -2.26. The van der Waals surface area contributed by atoms with E-state index in [-0.39, 0.29) is 0 Å². The molecular weight excluding hydrogens is 228 g/mol. The maximum atomic E-state index is 6.10. The maximum absolute atomic E-state index is 6.10. The summed E-state index contributed by atoms with van der Waals surface area (Å²) >= 11 is 8.09. The van der Waals surface area contributed by atoms with Gasteiger partial charge in [0.2, 0.25) is 0 Å². The average molecular weight is 243 g/mol. The number of halogens is 1. The van der Waals surface area contributed by atoms with Crippen LogP contribution < -0.4 is 11.1 Å². The van der Waals surface area contributed by atoms with Crippen LogP contribution in [0.2, 0.25) is 5.02 Å². The molecular formula is C11H15ClN2S. The Kier molecular flexibility index (Phi) is 3.65. The molecule has 1 aromatic carbocycles. The third-order valence-corrected chi connectivity index (χ3v) is 4.08. The van der Waals surface area contributed by atoms with Gasteiger partial charge in [0, 0.05) is 11.8 Å². The van der Waals surface area contributed by atoms with Crippen LogP contribution in [0.25, 0.3) is 0 Å². The van der Waals surface area contributed by atoms with Crippen molar-refractivity contribution in [2.45, 2.75) is 18.9 Å². The van der Waals surface area contributed by atoms with Crippen LogP contribution in [0.15, 0.2) is 18.2 Å². The fourth-order valence-corrected chi connectivity index (χ4v) is 3.06. The van der Waals surface area contributed by atoms with Gasteiger partial charge in [-0.1, -0.05) is 17.7 Å². The third-order valence-electron chi connectivity index (χ3n) is 2.55. The van der Waals surface area contributed by atoms with E-state index in [0.717, 1.165) is 17.1 Å². The molecule has 1 heterocycles. The first kappa shape index (κ1) is 11.0. The van der Waals surface area contributed by atoms with E-state index in [1.54, 1.807) is 0 Å². The number of para-hydroxylation sites is 1. The van der Waals surface area contributed by atoms with Crippen LogP contribution in [-0.2, 0) is 0 Å². The minimum atomic E-state index is 0.506. The Morgan fingerprint density at radius 2 is 2.33 bits per heavy atom. The molecule has 1 fully saturated rings. The number of rotatable bonds is 2. The second-order valence-electron chi connectivity index (χ2n) is 3.76. The summed E-state index contributed by atoms with van der Waals surface area (Å²) in [7, 11) is 0. The summed E-state index contributed by atoms with van der Waals surface area (Å²) < 4.78 is 0. The lowest BCUT2D eigenvalue weighted by Gasteiger charge is -2.24. The number of hydrogen-bond acceptors (Lipinski definition) is 3. The van der Waals surface area contributed by atoms with Crippen molar-refractivity contribution in [1.29, 1.82) is 0 Å². The molecule has 0 aliphatic carbocycles. The van der Waals surface area contributed by atoms with Crippen LogP contribution >= 0.6 is 23.4 Å². The second-order valence-corrected chi connectivity index (χ2v) is 5.32. The summed E-state index contributed by atoms with van der Waals surface area (Å²) in [6.07, 6.45) is 2.48. The minimum absolute atomic E-state index is 0.506. The average Bonchev–Trinajstić information content (AvgIpc) is 2.25. The van der Waals surface area contributed by atoms with Crippen molar-refractivity contribution in [1.82, 2.24) is 0 Å². The van der Waals surface area contributed by atoms with Crippen LogP contribution in [0.4, 0.5) is 11.4 Å². The molecule has 0 spiro atoms. The standard InChI is InChI=1S/C11H15ClN2S/c12-9-4-1-5-10(13)11(9)14-8-3-2-6-15-7-8/h1,4-5,8,14H,2-3,6-7,13H2. The lowest BCUT2D eigenvalue weighted by molar-refractivity contribution is 0.685. The largest absolute Gasteiger partial charge is 0.397 e. The van der Waals surface area contributed by atoms with E-state index < -0.39 is 0 Å². The number of benzene rings is 1. The van der Waals surface area contributed by atoms with Crippen LogP contribution in [0.1, 0.15) is 12.8 Å². The third kappa shape index (κ3) is 2.73. The summed E-state index contributed by atoms with van der Waals surface area (Å²) in [5.41, 5.74) is 7.51. The molecule has 1 aromatic rings. The highest BCUT2D eigenvalue weighted by Crippen LogP contribution is 2.30. The van der Waals surface area contributed by atoms with Gasteiger partial charge in [0.1, 0.15) is 0 Å². The first-order valence-electron chi connectivity index (χ1n) is 5.15. The van der Waals surface area contributed by atoms with Gasteiger partial charge in [-0.2, -0.15) is 11.8 Å². The molecule has 0 radical (unpaired) electrons. The van der Waals surface area contributed by atoms with Crippen molar-refractivity contribution in [2.24, 2.45) is 0 Å². The van der Waals surface area contributed by atoms with Gasteiger partial charge >= 0.3 is 0 Å². The maximum Gasteiger partial charge on any atom is 0.0765 e. The number of nitrogens with one attached hydrogen (secondary N) is 1. The summed E-state index contributed by atoms with van der Waals surface area (Å²) in [6.45, 7) is 0. The molecule has 0 aromatic heterocycles. The Bertz CT molecular complexity index is 317. The molecule has 1 unspecified atom stereocenters. The zero-order valence-corrected chi connectivity index (χ0v) is 10.1. The Hall–Kier alpha value is -0.540. The number of nitrogens with two attached hydrogens (primary N) is 1. The molecule has 4 heteroatoms. The van der Waals surface area contributed by atoms with Gasteiger partial charge < -0.3 is 11.1 Å². The Labute approximate surface area is 99.6 Å². The molecule has 15 heavy (non-hydrogen) atoms. The molecule has 0 saturated carbocycles. The van der Waals surface area contributed by atoms with Crippen molar-refractivity contribution in [3.05, 3.63) is 23.2 Å². The highest BCUT2D eigenvalue weighted by Gasteiger charge is 2.15. The highest BCUT2D eigenvalue weighted by molar-refractivity contribution is 7.99. The van der Waals surface area contributed by atoms with Gasteiger partial charge in [-0.05, 0) is 30.7 Å². The van der Waals surface area contributed by atoms with Gasteiger partial charge in [0.05, 0.1) is 16.4 Å². The summed E-state index contributed by atoms with van der Waals surface area (Å²) in [6, 6.07) is 6.13. The van der Waals surface area contributed by atoms with Crippen molar-refractivity contribution in [2.75, 3.05) is 22.6 Å². The number of anilines is 2. The van der Waals surface area contributed by atoms with Gasteiger partial charge in [-0.3, -0.25) is 0 Å². The van der Waals surface area contributed by atoms with E-state index >= 15 is 0 Å². The first-order chi connectivity index (χ1) is 7.27. The van der Waals surface area contributed by atoms with Crippen LogP contribution in [0.3, 0.4) is 0 Å². The molecule has 0 bridgehead atoms.